The molecule has 19 heavy (non-hydrogen) atoms. The summed E-state index contributed by atoms with van der Waals surface area (Å²) in [4.78, 5) is 31.5. The predicted molar refractivity (Wildman–Crippen MR) is 69.8 cm³/mol. The first kappa shape index (κ1) is 13.3. The highest BCUT2D eigenvalue weighted by molar-refractivity contribution is 5.85. The molecular weight excluding hydrogens is 250 g/mol. The minimum absolute atomic E-state index is 0.0240. The van der Waals surface area contributed by atoms with Crippen LogP contribution in [0.5, 0.6) is 0 Å². The lowest BCUT2D eigenvalue weighted by Gasteiger charge is -2.29. The molecule has 0 saturated carbocycles. The standard InChI is InChI=1S/C11H17N5O3/c1-7(11(18)16-2-4-19-5-3-16)15-9-8(12)10(17)14-6-13-9/h6-7H,2-5,12H2,1H3,(H2,13,14,15,17). The molecule has 0 spiro atoms. The number of amides is 1. The van der Waals surface area contributed by atoms with Crippen LogP contribution in [0.25, 0.3) is 0 Å². The van der Waals surface area contributed by atoms with Gasteiger partial charge in [-0.3, -0.25) is 9.59 Å². The van der Waals surface area contributed by atoms with Crippen molar-refractivity contribution in [3.63, 3.8) is 0 Å². The first-order chi connectivity index (χ1) is 9.09. The number of morpholine rings is 1. The number of aromatic amines is 1. The molecule has 104 valence electrons. The fourth-order valence-electron chi connectivity index (χ4n) is 1.85. The van der Waals surface area contributed by atoms with Gasteiger partial charge in [-0.2, -0.15) is 0 Å². The van der Waals surface area contributed by atoms with E-state index in [1.165, 1.54) is 6.33 Å². The Kier molecular flexibility index (Phi) is 4.00. The Morgan fingerprint density at radius 3 is 2.95 bits per heavy atom. The fraction of sp³-hybridized carbons (Fsp3) is 0.545. The van der Waals surface area contributed by atoms with Crippen molar-refractivity contribution in [2.45, 2.75) is 13.0 Å². The second-order valence-corrected chi connectivity index (χ2v) is 4.30. The van der Waals surface area contributed by atoms with Crippen LogP contribution in [0, 0.1) is 0 Å². The smallest absolute Gasteiger partial charge is 0.276 e. The zero-order chi connectivity index (χ0) is 13.8. The summed E-state index contributed by atoms with van der Waals surface area (Å²) in [5.41, 5.74) is 5.14. The van der Waals surface area contributed by atoms with Gasteiger partial charge in [0.15, 0.2) is 5.82 Å². The Bertz CT molecular complexity index is 509. The number of carbonyl (C=O) groups excluding carboxylic acids is 1. The molecule has 1 atom stereocenters. The second-order valence-electron chi connectivity index (χ2n) is 4.30. The van der Waals surface area contributed by atoms with Crippen molar-refractivity contribution in [2.24, 2.45) is 0 Å². The van der Waals surface area contributed by atoms with E-state index in [4.69, 9.17) is 10.5 Å². The van der Waals surface area contributed by atoms with Gasteiger partial charge in [0.1, 0.15) is 11.7 Å². The third-order valence-corrected chi connectivity index (χ3v) is 2.94. The van der Waals surface area contributed by atoms with Crippen LogP contribution >= 0.6 is 0 Å². The maximum absolute atomic E-state index is 12.2. The topological polar surface area (TPSA) is 113 Å². The van der Waals surface area contributed by atoms with Crippen LogP contribution in [0.3, 0.4) is 0 Å². The van der Waals surface area contributed by atoms with Gasteiger partial charge >= 0.3 is 0 Å². The van der Waals surface area contributed by atoms with Crippen molar-refractivity contribution in [3.8, 4) is 0 Å². The van der Waals surface area contributed by atoms with Crippen LogP contribution in [0.2, 0.25) is 0 Å². The SMILES string of the molecule is CC(Nc1nc[nH]c(=O)c1N)C(=O)N1CCOCC1. The number of carbonyl (C=O) groups is 1. The minimum atomic E-state index is -0.505. The molecule has 1 aliphatic heterocycles. The number of nitrogens with zero attached hydrogens (tertiary/aromatic N) is 2. The molecule has 1 amide bonds. The van der Waals surface area contributed by atoms with E-state index in [1.54, 1.807) is 11.8 Å². The zero-order valence-electron chi connectivity index (χ0n) is 10.7. The number of nitrogen functional groups attached to an aromatic ring is 1. The van der Waals surface area contributed by atoms with Gasteiger partial charge in [0.05, 0.1) is 19.5 Å². The van der Waals surface area contributed by atoms with E-state index in [2.05, 4.69) is 15.3 Å². The summed E-state index contributed by atoms with van der Waals surface area (Å²) in [5, 5.41) is 2.86. The third-order valence-electron chi connectivity index (χ3n) is 2.94. The number of nitrogens with two attached hydrogens (primary N) is 1. The van der Waals surface area contributed by atoms with Crippen molar-refractivity contribution in [1.29, 1.82) is 0 Å². The lowest BCUT2D eigenvalue weighted by Crippen LogP contribution is -2.47. The van der Waals surface area contributed by atoms with Crippen LogP contribution < -0.4 is 16.6 Å². The molecule has 2 rings (SSSR count). The van der Waals surface area contributed by atoms with E-state index in [1.807, 2.05) is 0 Å². The van der Waals surface area contributed by atoms with E-state index in [9.17, 15) is 9.59 Å². The molecule has 0 bridgehead atoms. The van der Waals surface area contributed by atoms with E-state index < -0.39 is 11.6 Å². The van der Waals surface area contributed by atoms with Crippen molar-refractivity contribution in [3.05, 3.63) is 16.7 Å². The second kappa shape index (κ2) is 5.70. The first-order valence-corrected chi connectivity index (χ1v) is 6.06. The number of nitrogens with one attached hydrogen (secondary N) is 2. The highest BCUT2D eigenvalue weighted by Gasteiger charge is 2.23. The van der Waals surface area contributed by atoms with Gasteiger partial charge in [0.2, 0.25) is 5.91 Å². The maximum atomic E-state index is 12.2. The van der Waals surface area contributed by atoms with Gasteiger partial charge in [-0.15, -0.1) is 0 Å². The Hall–Kier alpha value is -2.09. The molecule has 8 heteroatoms. The van der Waals surface area contributed by atoms with Crippen LogP contribution in [0.4, 0.5) is 11.5 Å². The number of hydrogen-bond acceptors (Lipinski definition) is 6. The summed E-state index contributed by atoms with van der Waals surface area (Å²) >= 11 is 0. The fourth-order valence-corrected chi connectivity index (χ4v) is 1.85. The van der Waals surface area contributed by atoms with E-state index in [0.717, 1.165) is 0 Å². The zero-order valence-corrected chi connectivity index (χ0v) is 10.7. The minimum Gasteiger partial charge on any atom is -0.391 e. The predicted octanol–water partition coefficient (Wildman–Crippen LogP) is -0.989. The van der Waals surface area contributed by atoms with Gasteiger partial charge < -0.3 is 25.7 Å². The van der Waals surface area contributed by atoms with Crippen LogP contribution in [0.15, 0.2) is 11.1 Å². The molecule has 2 heterocycles. The average molecular weight is 267 g/mol. The van der Waals surface area contributed by atoms with Gasteiger partial charge in [-0.25, -0.2) is 4.98 Å². The van der Waals surface area contributed by atoms with Gasteiger partial charge in [0.25, 0.3) is 5.56 Å². The van der Waals surface area contributed by atoms with Crippen LogP contribution in [-0.2, 0) is 9.53 Å². The summed E-state index contributed by atoms with van der Waals surface area (Å²) in [6.07, 6.45) is 1.24. The Balaban J connectivity index is 2.03. The summed E-state index contributed by atoms with van der Waals surface area (Å²) in [7, 11) is 0. The Labute approximate surface area is 110 Å². The number of rotatable bonds is 3. The highest BCUT2D eigenvalue weighted by Crippen LogP contribution is 2.11. The van der Waals surface area contributed by atoms with E-state index in [0.29, 0.717) is 26.3 Å². The molecule has 1 aromatic heterocycles. The van der Waals surface area contributed by atoms with Crippen molar-refractivity contribution >= 4 is 17.4 Å². The third kappa shape index (κ3) is 3.02. The van der Waals surface area contributed by atoms with Gasteiger partial charge in [0, 0.05) is 13.1 Å². The largest absolute Gasteiger partial charge is 0.391 e. The Morgan fingerprint density at radius 1 is 1.58 bits per heavy atom. The molecule has 1 aliphatic rings. The highest BCUT2D eigenvalue weighted by atomic mass is 16.5. The summed E-state index contributed by atoms with van der Waals surface area (Å²) in [5.74, 6) is 0.155. The molecule has 0 aromatic carbocycles. The van der Waals surface area contributed by atoms with E-state index >= 15 is 0 Å². The lowest BCUT2D eigenvalue weighted by atomic mass is 10.2. The van der Waals surface area contributed by atoms with Crippen molar-refractivity contribution in [2.75, 3.05) is 37.4 Å². The summed E-state index contributed by atoms with van der Waals surface area (Å²) < 4.78 is 5.19. The number of anilines is 2. The molecule has 4 N–H and O–H groups in total. The van der Waals surface area contributed by atoms with Crippen LogP contribution in [0.1, 0.15) is 6.92 Å². The molecule has 1 saturated heterocycles. The maximum Gasteiger partial charge on any atom is 0.276 e. The van der Waals surface area contributed by atoms with Crippen molar-refractivity contribution in [1.82, 2.24) is 14.9 Å². The first-order valence-electron chi connectivity index (χ1n) is 6.06. The summed E-state index contributed by atoms with van der Waals surface area (Å²) in [6.45, 7) is 3.94. The number of aromatic nitrogens is 2. The number of hydrogen-bond donors (Lipinski definition) is 3. The monoisotopic (exact) mass is 267 g/mol. The average Bonchev–Trinajstić information content (AvgIpc) is 2.44. The molecule has 0 radical (unpaired) electrons. The molecule has 1 unspecified atom stereocenters. The van der Waals surface area contributed by atoms with E-state index in [-0.39, 0.29) is 17.4 Å². The van der Waals surface area contributed by atoms with Gasteiger partial charge in [-0.1, -0.05) is 0 Å². The van der Waals surface area contributed by atoms with Gasteiger partial charge in [-0.05, 0) is 6.92 Å². The number of H-pyrrole nitrogens is 1. The molecule has 1 aromatic rings. The molecule has 8 nitrogen and oxygen atoms in total. The number of ether oxygens (including phenoxy) is 1. The molecular formula is C11H17N5O3. The quantitative estimate of drug-likeness (QED) is 0.648. The molecule has 0 aliphatic carbocycles. The van der Waals surface area contributed by atoms with Crippen molar-refractivity contribution < 1.29 is 9.53 Å². The normalized spacial score (nSPS) is 17.0. The van der Waals surface area contributed by atoms with Crippen LogP contribution in [-0.4, -0.2) is 53.1 Å². The molecule has 1 fully saturated rings. The summed E-state index contributed by atoms with van der Waals surface area (Å²) in [6, 6.07) is -0.505. The lowest BCUT2D eigenvalue weighted by molar-refractivity contribution is -0.135. The Morgan fingerprint density at radius 2 is 2.26 bits per heavy atom.